The third kappa shape index (κ3) is 11.9. The smallest absolute Gasteiger partial charge is 0.0396 e. The lowest BCUT2D eigenvalue weighted by atomic mass is 9.92. The van der Waals surface area contributed by atoms with E-state index in [0.29, 0.717) is 6.54 Å². The van der Waals surface area contributed by atoms with Gasteiger partial charge in [0.2, 0.25) is 0 Å². The number of rotatable bonds is 8. The van der Waals surface area contributed by atoms with Crippen LogP contribution in [0.1, 0.15) is 40.3 Å². The molecule has 0 aliphatic rings. The largest absolute Gasteiger partial charge is 0.398 e. The SMILES string of the molecule is C=C/C=c1\c(=C/C)sc2c(Cc3ccccc3)c(-c3cccc(C/C=C(\N)c4ccccc4)c3)ccc12.Cc1ccccc1.NCc1ccccc1.NN. The molecular formula is C49H52N4S. The van der Waals surface area contributed by atoms with Crippen LogP contribution in [0.15, 0.2) is 176 Å². The molecule has 1 aromatic heterocycles. The Labute approximate surface area is 325 Å². The summed E-state index contributed by atoms with van der Waals surface area (Å²) in [4.78, 5) is 0. The maximum Gasteiger partial charge on any atom is 0.0396 e. The quantitative estimate of drug-likeness (QED) is 0.0925. The minimum absolute atomic E-state index is 0.640. The van der Waals surface area contributed by atoms with Gasteiger partial charge in [0.05, 0.1) is 0 Å². The van der Waals surface area contributed by atoms with Crippen molar-refractivity contribution in [3.05, 3.63) is 220 Å². The molecule has 0 saturated heterocycles. The molecule has 0 amide bonds. The van der Waals surface area contributed by atoms with Crippen molar-refractivity contribution in [2.75, 3.05) is 0 Å². The summed E-state index contributed by atoms with van der Waals surface area (Å²) in [6.45, 7) is 8.79. The highest BCUT2D eigenvalue weighted by Gasteiger charge is 2.14. The van der Waals surface area contributed by atoms with Crippen LogP contribution in [-0.4, -0.2) is 0 Å². The van der Waals surface area contributed by atoms with Crippen molar-refractivity contribution in [2.45, 2.75) is 33.2 Å². The average Bonchev–Trinajstić information content (AvgIpc) is 3.60. The Balaban J connectivity index is 0.000000314. The first-order valence-electron chi connectivity index (χ1n) is 18.1. The molecule has 274 valence electrons. The van der Waals surface area contributed by atoms with E-state index in [1.807, 2.05) is 96.3 Å². The van der Waals surface area contributed by atoms with Gasteiger partial charge in [-0.25, -0.2) is 0 Å². The van der Waals surface area contributed by atoms with Crippen LogP contribution in [0.5, 0.6) is 0 Å². The summed E-state index contributed by atoms with van der Waals surface area (Å²) < 4.78 is 2.64. The van der Waals surface area contributed by atoms with Crippen molar-refractivity contribution >= 4 is 39.3 Å². The molecule has 0 bridgehead atoms. The lowest BCUT2D eigenvalue weighted by Gasteiger charge is -2.13. The van der Waals surface area contributed by atoms with Gasteiger partial charge in [0.25, 0.3) is 0 Å². The molecule has 0 fully saturated rings. The van der Waals surface area contributed by atoms with Crippen LogP contribution >= 0.6 is 11.3 Å². The summed E-state index contributed by atoms with van der Waals surface area (Å²) >= 11 is 1.87. The first kappa shape index (κ1) is 40.9. The Morgan fingerprint density at radius 1 is 0.685 bits per heavy atom. The summed E-state index contributed by atoms with van der Waals surface area (Å²) in [6, 6.07) is 54.6. The summed E-state index contributed by atoms with van der Waals surface area (Å²) in [5.74, 6) is 8.00. The van der Waals surface area contributed by atoms with Crippen LogP contribution in [0.3, 0.4) is 0 Å². The topological polar surface area (TPSA) is 104 Å². The molecule has 0 radical (unpaired) electrons. The lowest BCUT2D eigenvalue weighted by Crippen LogP contribution is -2.17. The van der Waals surface area contributed by atoms with Crippen molar-refractivity contribution in [1.82, 2.24) is 0 Å². The third-order valence-corrected chi connectivity index (χ3v) is 10.1. The van der Waals surface area contributed by atoms with Gasteiger partial charge in [0, 0.05) is 26.9 Å². The maximum absolute atomic E-state index is 6.37. The lowest BCUT2D eigenvalue weighted by molar-refractivity contribution is 1.07. The minimum atomic E-state index is 0.640. The predicted molar refractivity (Wildman–Crippen MR) is 237 cm³/mol. The van der Waals surface area contributed by atoms with Crippen molar-refractivity contribution in [2.24, 2.45) is 23.2 Å². The highest BCUT2D eigenvalue weighted by molar-refractivity contribution is 7.17. The number of hydrazine groups is 1. The molecular weight excluding hydrogens is 677 g/mol. The van der Waals surface area contributed by atoms with Gasteiger partial charge in [-0.15, -0.1) is 11.3 Å². The molecule has 54 heavy (non-hydrogen) atoms. The zero-order chi connectivity index (χ0) is 38.5. The molecule has 0 atom stereocenters. The van der Waals surface area contributed by atoms with Gasteiger partial charge in [-0.2, -0.15) is 0 Å². The summed E-state index contributed by atoms with van der Waals surface area (Å²) in [5.41, 5.74) is 22.6. The van der Waals surface area contributed by atoms with Crippen LogP contribution in [0, 0.1) is 6.92 Å². The van der Waals surface area contributed by atoms with E-state index < -0.39 is 0 Å². The number of fused-ring (bicyclic) bond motifs is 1. The van der Waals surface area contributed by atoms with Crippen molar-refractivity contribution < 1.29 is 0 Å². The van der Waals surface area contributed by atoms with Crippen molar-refractivity contribution in [1.29, 1.82) is 0 Å². The second kappa shape index (κ2) is 22.3. The number of thiophene rings is 1. The van der Waals surface area contributed by atoms with Gasteiger partial charge in [0.15, 0.2) is 0 Å². The molecule has 0 saturated carbocycles. The molecule has 0 aliphatic carbocycles. The molecule has 7 aromatic rings. The monoisotopic (exact) mass is 728 g/mol. The summed E-state index contributed by atoms with van der Waals surface area (Å²) in [6.07, 6.45) is 10.0. The van der Waals surface area contributed by atoms with E-state index in [4.69, 9.17) is 11.5 Å². The van der Waals surface area contributed by atoms with E-state index in [0.717, 1.165) is 24.1 Å². The predicted octanol–water partition coefficient (Wildman–Crippen LogP) is 9.43. The van der Waals surface area contributed by atoms with Gasteiger partial charge in [-0.3, -0.25) is 11.7 Å². The second-order valence-corrected chi connectivity index (χ2v) is 13.5. The fourth-order valence-electron chi connectivity index (χ4n) is 5.99. The van der Waals surface area contributed by atoms with E-state index in [-0.39, 0.29) is 0 Å². The summed E-state index contributed by atoms with van der Waals surface area (Å²) in [5, 5.41) is 2.55. The zero-order valence-electron chi connectivity index (χ0n) is 31.4. The Morgan fingerprint density at radius 3 is 1.80 bits per heavy atom. The third-order valence-electron chi connectivity index (χ3n) is 8.72. The molecule has 0 spiro atoms. The zero-order valence-corrected chi connectivity index (χ0v) is 32.2. The van der Waals surface area contributed by atoms with Crippen LogP contribution in [0.4, 0.5) is 0 Å². The molecule has 6 aromatic carbocycles. The molecule has 4 nitrogen and oxygen atoms in total. The van der Waals surface area contributed by atoms with E-state index in [9.17, 15) is 0 Å². The Hall–Kier alpha value is -5.82. The highest BCUT2D eigenvalue weighted by atomic mass is 32.1. The number of aryl methyl sites for hydroxylation is 1. The van der Waals surface area contributed by atoms with Crippen molar-refractivity contribution in [3.63, 3.8) is 0 Å². The first-order valence-corrected chi connectivity index (χ1v) is 18.9. The fraction of sp³-hybridized carbons (Fsp3) is 0.102. The Morgan fingerprint density at radius 2 is 1.26 bits per heavy atom. The van der Waals surface area contributed by atoms with E-state index in [1.165, 1.54) is 58.8 Å². The Bertz CT molecular complexity index is 2310. The normalized spacial score (nSPS) is 11.4. The Kier molecular flexibility index (Phi) is 16.9. The van der Waals surface area contributed by atoms with Crippen LogP contribution in [0.2, 0.25) is 0 Å². The fourth-order valence-corrected chi connectivity index (χ4v) is 7.21. The molecule has 0 unspecified atom stereocenters. The van der Waals surface area contributed by atoms with Gasteiger partial charge < -0.3 is 11.5 Å². The van der Waals surface area contributed by atoms with Gasteiger partial charge in [0.1, 0.15) is 0 Å². The van der Waals surface area contributed by atoms with E-state index >= 15 is 0 Å². The first-order chi connectivity index (χ1) is 26.5. The van der Waals surface area contributed by atoms with Gasteiger partial charge >= 0.3 is 0 Å². The molecule has 5 heteroatoms. The van der Waals surface area contributed by atoms with E-state index in [1.54, 1.807) is 0 Å². The molecule has 8 N–H and O–H groups in total. The number of nitrogens with two attached hydrogens (primary N) is 4. The van der Waals surface area contributed by atoms with Gasteiger partial charge in [-0.1, -0.05) is 194 Å². The number of hydrogen-bond acceptors (Lipinski definition) is 5. The minimum Gasteiger partial charge on any atom is -0.398 e. The molecule has 7 rings (SSSR count). The van der Waals surface area contributed by atoms with Gasteiger partial charge in [-0.05, 0) is 70.9 Å². The maximum atomic E-state index is 6.37. The summed E-state index contributed by atoms with van der Waals surface area (Å²) in [7, 11) is 0. The highest BCUT2D eigenvalue weighted by Crippen LogP contribution is 2.33. The van der Waals surface area contributed by atoms with Crippen LogP contribution in [-0.2, 0) is 19.4 Å². The number of hydrogen-bond donors (Lipinski definition) is 4. The number of benzene rings is 6. The van der Waals surface area contributed by atoms with Crippen LogP contribution < -0.4 is 32.9 Å². The molecule has 0 aliphatic heterocycles. The second-order valence-electron chi connectivity index (χ2n) is 12.5. The van der Waals surface area contributed by atoms with E-state index in [2.05, 4.69) is 129 Å². The molecule has 1 heterocycles. The standard InChI is InChI=1S/C35H31NS.C7H9N.C7H8.H4N2/c1-3-12-30-31-21-20-29(32(35(31)37-34(30)4-2)24-25-13-7-5-8-14-25)28-18-11-15-26(23-28)19-22-33(36)27-16-9-6-10-17-27;8-6-7-4-2-1-3-5-7;1-7-5-3-2-4-6-7;1-2/h3-18,20-23H,1,19,24,36H2,2H3;1-5H,6,8H2;2-6H,1H3;1-2H2/b30-12-,33-22-,34-4+;;;. The number of allylic oxidation sites excluding steroid dienone is 2. The average molecular weight is 729 g/mol. The van der Waals surface area contributed by atoms with Crippen LogP contribution in [0.25, 0.3) is 39.1 Å². The van der Waals surface area contributed by atoms with Crippen molar-refractivity contribution in [3.8, 4) is 11.1 Å².